The average Bonchev–Trinajstić information content (AvgIpc) is 2.87. The smallest absolute Gasteiger partial charge is 0.179 e. The van der Waals surface area contributed by atoms with E-state index in [4.69, 9.17) is 17.3 Å². The van der Waals surface area contributed by atoms with Crippen LogP contribution in [0.5, 0.6) is 0 Å². The molecule has 2 N–H and O–H groups in total. The summed E-state index contributed by atoms with van der Waals surface area (Å²) in [6.07, 6.45) is 1.72. The van der Waals surface area contributed by atoms with Gasteiger partial charge in [0.1, 0.15) is 11.0 Å². The first-order chi connectivity index (χ1) is 10.6. The van der Waals surface area contributed by atoms with Crippen LogP contribution in [0.25, 0.3) is 16.9 Å². The molecule has 0 aliphatic rings. The maximum atomic E-state index is 6.06. The third-order valence-electron chi connectivity index (χ3n) is 3.79. The van der Waals surface area contributed by atoms with Gasteiger partial charge >= 0.3 is 0 Å². The van der Waals surface area contributed by atoms with Crippen LogP contribution in [0.1, 0.15) is 23.9 Å². The van der Waals surface area contributed by atoms with E-state index in [1.807, 2.05) is 13.0 Å². The summed E-state index contributed by atoms with van der Waals surface area (Å²) < 4.78 is 2.17. The zero-order valence-electron chi connectivity index (χ0n) is 12.8. The molecular formula is C17H19ClN4. The van der Waals surface area contributed by atoms with Crippen LogP contribution < -0.4 is 5.73 Å². The summed E-state index contributed by atoms with van der Waals surface area (Å²) >= 11 is 6.06. The normalized spacial score (nSPS) is 11.3. The van der Waals surface area contributed by atoms with Crippen molar-refractivity contribution in [3.05, 3.63) is 52.4 Å². The molecule has 0 fully saturated rings. The summed E-state index contributed by atoms with van der Waals surface area (Å²) in [5.74, 6) is 0.986. The molecule has 0 unspecified atom stereocenters. The highest BCUT2D eigenvalue weighted by Crippen LogP contribution is 2.26. The number of aromatic nitrogens is 3. The van der Waals surface area contributed by atoms with Crippen molar-refractivity contribution in [1.82, 2.24) is 14.5 Å². The number of imidazole rings is 1. The predicted octanol–water partition coefficient (Wildman–Crippen LogP) is 3.45. The zero-order chi connectivity index (χ0) is 15.7. The van der Waals surface area contributed by atoms with Crippen molar-refractivity contribution in [3.8, 4) is 5.69 Å². The van der Waals surface area contributed by atoms with Crippen LogP contribution in [0.2, 0.25) is 5.15 Å². The number of benzene rings is 1. The standard InChI is InChI=1S/C17H19ClN4/c1-3-15-21-17-16(11(2)10-14(18)20-17)22(15)13-6-4-12(5-7-13)8-9-19/h4-7,10H,3,8-9,19H2,1-2H3. The molecule has 3 aromatic rings. The number of hydrogen-bond donors (Lipinski definition) is 1. The maximum absolute atomic E-state index is 6.06. The van der Waals surface area contributed by atoms with Crippen LogP contribution >= 0.6 is 11.6 Å². The van der Waals surface area contributed by atoms with E-state index in [1.54, 1.807) is 0 Å². The molecule has 0 atom stereocenters. The third kappa shape index (κ3) is 2.60. The number of nitrogens with zero attached hydrogens (tertiary/aromatic N) is 3. The molecule has 4 nitrogen and oxygen atoms in total. The van der Waals surface area contributed by atoms with Gasteiger partial charge in [-0.1, -0.05) is 30.7 Å². The van der Waals surface area contributed by atoms with Gasteiger partial charge in [-0.3, -0.25) is 4.57 Å². The molecule has 0 radical (unpaired) electrons. The Balaban J connectivity index is 2.20. The summed E-state index contributed by atoms with van der Waals surface area (Å²) in [5, 5.41) is 0.482. The highest BCUT2D eigenvalue weighted by Gasteiger charge is 2.15. The monoisotopic (exact) mass is 314 g/mol. The minimum Gasteiger partial charge on any atom is -0.330 e. The van der Waals surface area contributed by atoms with Crippen LogP contribution in [0.4, 0.5) is 0 Å². The number of aryl methyl sites for hydroxylation is 2. The topological polar surface area (TPSA) is 56.7 Å². The Labute approximate surface area is 134 Å². The van der Waals surface area contributed by atoms with E-state index in [9.17, 15) is 0 Å². The molecule has 5 heteroatoms. The molecule has 0 saturated heterocycles. The lowest BCUT2D eigenvalue weighted by molar-refractivity contribution is 0.903. The molecule has 0 saturated carbocycles. The Morgan fingerprint density at radius 1 is 1.18 bits per heavy atom. The largest absolute Gasteiger partial charge is 0.330 e. The molecule has 1 aromatic carbocycles. The zero-order valence-corrected chi connectivity index (χ0v) is 13.6. The van der Waals surface area contributed by atoms with Gasteiger partial charge in [-0.2, -0.15) is 0 Å². The molecule has 0 bridgehead atoms. The Morgan fingerprint density at radius 2 is 1.91 bits per heavy atom. The van der Waals surface area contributed by atoms with E-state index in [0.29, 0.717) is 17.3 Å². The second-order valence-electron chi connectivity index (χ2n) is 5.36. The van der Waals surface area contributed by atoms with Crippen molar-refractivity contribution in [2.24, 2.45) is 5.73 Å². The van der Waals surface area contributed by atoms with Crippen LogP contribution in [0, 0.1) is 6.92 Å². The Kier molecular flexibility index (Phi) is 4.14. The lowest BCUT2D eigenvalue weighted by Gasteiger charge is -2.10. The van der Waals surface area contributed by atoms with Gasteiger partial charge in [-0.25, -0.2) is 9.97 Å². The van der Waals surface area contributed by atoms with Crippen LogP contribution in [-0.4, -0.2) is 21.1 Å². The van der Waals surface area contributed by atoms with E-state index in [-0.39, 0.29) is 0 Å². The highest BCUT2D eigenvalue weighted by atomic mass is 35.5. The van der Waals surface area contributed by atoms with Gasteiger partial charge in [0.15, 0.2) is 5.65 Å². The minimum atomic E-state index is 0.482. The lowest BCUT2D eigenvalue weighted by atomic mass is 10.1. The van der Waals surface area contributed by atoms with Gasteiger partial charge in [-0.15, -0.1) is 0 Å². The number of fused-ring (bicyclic) bond motifs is 1. The van der Waals surface area contributed by atoms with E-state index < -0.39 is 0 Å². The van der Waals surface area contributed by atoms with Gasteiger partial charge < -0.3 is 5.73 Å². The van der Waals surface area contributed by atoms with E-state index >= 15 is 0 Å². The van der Waals surface area contributed by atoms with Crippen molar-refractivity contribution >= 4 is 22.8 Å². The van der Waals surface area contributed by atoms with Crippen molar-refractivity contribution in [2.75, 3.05) is 6.54 Å². The van der Waals surface area contributed by atoms with Gasteiger partial charge in [0.05, 0.1) is 5.52 Å². The second kappa shape index (κ2) is 6.07. The Hall–Kier alpha value is -1.91. The summed E-state index contributed by atoms with van der Waals surface area (Å²) in [6.45, 7) is 4.79. The van der Waals surface area contributed by atoms with E-state index in [1.165, 1.54) is 5.56 Å². The third-order valence-corrected chi connectivity index (χ3v) is 3.99. The van der Waals surface area contributed by atoms with Crippen molar-refractivity contribution in [2.45, 2.75) is 26.7 Å². The number of nitrogens with two attached hydrogens (primary N) is 1. The van der Waals surface area contributed by atoms with Crippen molar-refractivity contribution in [1.29, 1.82) is 0 Å². The van der Waals surface area contributed by atoms with Gasteiger partial charge in [-0.05, 0) is 49.2 Å². The van der Waals surface area contributed by atoms with Crippen LogP contribution in [-0.2, 0) is 12.8 Å². The van der Waals surface area contributed by atoms with Crippen molar-refractivity contribution in [3.63, 3.8) is 0 Å². The van der Waals surface area contributed by atoms with E-state index in [0.717, 1.165) is 35.4 Å². The SMILES string of the molecule is CCc1nc2nc(Cl)cc(C)c2n1-c1ccc(CCN)cc1. The summed E-state index contributed by atoms with van der Waals surface area (Å²) in [5.41, 5.74) is 10.7. The molecule has 0 aliphatic carbocycles. The number of halogens is 1. The van der Waals surface area contributed by atoms with E-state index in [2.05, 4.69) is 45.7 Å². The van der Waals surface area contributed by atoms with Crippen molar-refractivity contribution < 1.29 is 0 Å². The second-order valence-corrected chi connectivity index (χ2v) is 5.74. The molecule has 0 aliphatic heterocycles. The molecule has 2 aromatic heterocycles. The maximum Gasteiger partial charge on any atom is 0.179 e. The summed E-state index contributed by atoms with van der Waals surface area (Å²) in [7, 11) is 0. The fraction of sp³-hybridized carbons (Fsp3) is 0.294. The van der Waals surface area contributed by atoms with Crippen LogP contribution in [0.3, 0.4) is 0 Å². The minimum absolute atomic E-state index is 0.482. The number of pyridine rings is 1. The molecule has 2 heterocycles. The van der Waals surface area contributed by atoms with Gasteiger partial charge in [0.2, 0.25) is 0 Å². The predicted molar refractivity (Wildman–Crippen MR) is 90.7 cm³/mol. The number of hydrogen-bond acceptors (Lipinski definition) is 3. The average molecular weight is 315 g/mol. The first-order valence-corrected chi connectivity index (χ1v) is 7.85. The Bertz CT molecular complexity index is 806. The quantitative estimate of drug-likeness (QED) is 0.750. The first-order valence-electron chi connectivity index (χ1n) is 7.48. The van der Waals surface area contributed by atoms with Gasteiger partial charge in [0.25, 0.3) is 0 Å². The van der Waals surface area contributed by atoms with Gasteiger partial charge in [0, 0.05) is 12.1 Å². The lowest BCUT2D eigenvalue weighted by Crippen LogP contribution is -2.04. The fourth-order valence-corrected chi connectivity index (χ4v) is 3.00. The molecular weight excluding hydrogens is 296 g/mol. The Morgan fingerprint density at radius 3 is 2.55 bits per heavy atom. The summed E-state index contributed by atoms with van der Waals surface area (Å²) in [4.78, 5) is 8.99. The number of rotatable bonds is 4. The molecule has 3 rings (SSSR count). The molecule has 22 heavy (non-hydrogen) atoms. The molecule has 114 valence electrons. The first kappa shape index (κ1) is 15.0. The highest BCUT2D eigenvalue weighted by molar-refractivity contribution is 6.29. The summed E-state index contributed by atoms with van der Waals surface area (Å²) in [6, 6.07) is 10.3. The van der Waals surface area contributed by atoms with Crippen LogP contribution in [0.15, 0.2) is 30.3 Å². The molecule has 0 spiro atoms. The molecule has 0 amide bonds. The fourth-order valence-electron chi connectivity index (χ4n) is 2.76.